The number of aromatic nitrogens is 1. The van der Waals surface area contributed by atoms with Crippen LogP contribution in [-0.2, 0) is 0 Å². The SMILES string of the molecule is N#Cc1c(N)nsc1N1CCCC(CCO)C1. The highest BCUT2D eigenvalue weighted by atomic mass is 32.1. The molecule has 3 N–H and O–H groups in total. The lowest BCUT2D eigenvalue weighted by atomic mass is 9.95. The van der Waals surface area contributed by atoms with Crippen LogP contribution in [0.25, 0.3) is 0 Å². The minimum absolute atomic E-state index is 0.231. The van der Waals surface area contributed by atoms with Crippen molar-refractivity contribution in [2.45, 2.75) is 19.3 Å². The van der Waals surface area contributed by atoms with Gasteiger partial charge in [0.2, 0.25) is 0 Å². The third-order valence-corrected chi connectivity index (χ3v) is 4.08. The second-order valence-electron chi connectivity index (χ2n) is 4.33. The summed E-state index contributed by atoms with van der Waals surface area (Å²) in [6.45, 7) is 2.06. The maximum atomic E-state index is 9.06. The number of aliphatic hydroxyl groups is 1. The molecule has 2 heterocycles. The van der Waals surface area contributed by atoms with E-state index in [2.05, 4.69) is 15.3 Å². The number of nitrogens with zero attached hydrogens (tertiary/aromatic N) is 3. The summed E-state index contributed by atoms with van der Waals surface area (Å²) in [5.41, 5.74) is 6.16. The van der Waals surface area contributed by atoms with Gasteiger partial charge < -0.3 is 15.7 Å². The van der Waals surface area contributed by atoms with Crippen LogP contribution in [0.15, 0.2) is 0 Å². The number of piperidine rings is 1. The third kappa shape index (κ3) is 2.51. The van der Waals surface area contributed by atoms with E-state index in [1.54, 1.807) is 0 Å². The molecule has 0 aliphatic carbocycles. The van der Waals surface area contributed by atoms with E-state index >= 15 is 0 Å². The molecule has 6 heteroatoms. The largest absolute Gasteiger partial charge is 0.396 e. The van der Waals surface area contributed by atoms with Crippen molar-refractivity contribution in [3.8, 4) is 6.07 Å². The topological polar surface area (TPSA) is 86.2 Å². The van der Waals surface area contributed by atoms with Gasteiger partial charge in [-0.3, -0.25) is 0 Å². The van der Waals surface area contributed by atoms with Crippen molar-refractivity contribution in [2.24, 2.45) is 5.92 Å². The Bertz CT molecular complexity index is 424. The Labute approximate surface area is 105 Å². The monoisotopic (exact) mass is 252 g/mol. The zero-order chi connectivity index (χ0) is 12.3. The van der Waals surface area contributed by atoms with Crippen molar-refractivity contribution < 1.29 is 5.11 Å². The zero-order valence-electron chi connectivity index (χ0n) is 9.59. The second kappa shape index (κ2) is 5.34. The fourth-order valence-corrected chi connectivity index (χ4v) is 3.08. The molecule has 1 aliphatic heterocycles. The molecule has 1 atom stereocenters. The highest BCUT2D eigenvalue weighted by Gasteiger charge is 2.24. The molecular formula is C11H16N4OS. The quantitative estimate of drug-likeness (QED) is 0.844. The van der Waals surface area contributed by atoms with E-state index in [0.717, 1.165) is 37.4 Å². The lowest BCUT2D eigenvalue weighted by molar-refractivity contribution is 0.244. The van der Waals surface area contributed by atoms with E-state index < -0.39 is 0 Å². The molecule has 1 saturated heterocycles. The van der Waals surface area contributed by atoms with Crippen LogP contribution < -0.4 is 10.6 Å². The Morgan fingerprint density at radius 3 is 3.18 bits per heavy atom. The fraction of sp³-hybridized carbons (Fsp3) is 0.636. The van der Waals surface area contributed by atoms with Gasteiger partial charge in [-0.15, -0.1) is 0 Å². The molecule has 0 spiro atoms. The fourth-order valence-electron chi connectivity index (χ4n) is 2.28. The highest BCUT2D eigenvalue weighted by molar-refractivity contribution is 7.10. The third-order valence-electron chi connectivity index (χ3n) is 3.16. The standard InChI is InChI=1S/C11H16N4OS/c12-6-9-10(13)14-17-11(9)15-4-1-2-8(7-15)3-5-16/h8,16H,1-5,7H2,(H2,13,14). The van der Waals surface area contributed by atoms with Gasteiger partial charge in [0, 0.05) is 19.7 Å². The molecule has 1 aromatic rings. The van der Waals surface area contributed by atoms with Crippen LogP contribution in [0.3, 0.4) is 0 Å². The van der Waals surface area contributed by atoms with Gasteiger partial charge in [0.25, 0.3) is 0 Å². The van der Waals surface area contributed by atoms with E-state index in [-0.39, 0.29) is 6.61 Å². The summed E-state index contributed by atoms with van der Waals surface area (Å²) in [5, 5.41) is 18.9. The van der Waals surface area contributed by atoms with Gasteiger partial charge >= 0.3 is 0 Å². The predicted molar refractivity (Wildman–Crippen MR) is 67.9 cm³/mol. The molecule has 0 aromatic carbocycles. The van der Waals surface area contributed by atoms with Crippen LogP contribution in [0.2, 0.25) is 0 Å². The first-order valence-electron chi connectivity index (χ1n) is 5.77. The zero-order valence-corrected chi connectivity index (χ0v) is 10.4. The number of aliphatic hydroxyl groups excluding tert-OH is 1. The summed E-state index contributed by atoms with van der Waals surface area (Å²) in [5.74, 6) is 0.834. The first-order valence-corrected chi connectivity index (χ1v) is 6.54. The Balaban J connectivity index is 2.14. The molecule has 17 heavy (non-hydrogen) atoms. The molecule has 0 amide bonds. The molecule has 0 bridgehead atoms. The first-order chi connectivity index (χ1) is 8.26. The molecule has 0 radical (unpaired) electrons. The smallest absolute Gasteiger partial charge is 0.157 e. The van der Waals surface area contributed by atoms with Crippen molar-refractivity contribution >= 4 is 22.4 Å². The lowest BCUT2D eigenvalue weighted by Gasteiger charge is -2.33. The van der Waals surface area contributed by atoms with Crippen LogP contribution in [-0.4, -0.2) is 29.2 Å². The van der Waals surface area contributed by atoms with Gasteiger partial charge in [-0.2, -0.15) is 9.64 Å². The number of nitrogens with two attached hydrogens (primary N) is 1. The molecule has 1 fully saturated rings. The minimum atomic E-state index is 0.231. The lowest BCUT2D eigenvalue weighted by Crippen LogP contribution is -2.35. The molecule has 1 aromatic heterocycles. The number of hydrogen-bond acceptors (Lipinski definition) is 6. The van der Waals surface area contributed by atoms with Gasteiger partial charge in [0.1, 0.15) is 16.6 Å². The highest BCUT2D eigenvalue weighted by Crippen LogP contribution is 2.33. The minimum Gasteiger partial charge on any atom is -0.396 e. The maximum absolute atomic E-state index is 9.06. The van der Waals surface area contributed by atoms with Crippen LogP contribution in [0.1, 0.15) is 24.8 Å². The van der Waals surface area contributed by atoms with Crippen molar-refractivity contribution in [2.75, 3.05) is 30.3 Å². The van der Waals surface area contributed by atoms with Crippen LogP contribution in [0.5, 0.6) is 0 Å². The van der Waals surface area contributed by atoms with Crippen LogP contribution in [0.4, 0.5) is 10.8 Å². The summed E-state index contributed by atoms with van der Waals surface area (Å²) in [4.78, 5) is 2.18. The number of nitrogen functional groups attached to an aromatic ring is 1. The number of nitriles is 1. The summed E-state index contributed by atoms with van der Waals surface area (Å²) >= 11 is 1.29. The van der Waals surface area contributed by atoms with Crippen molar-refractivity contribution in [3.05, 3.63) is 5.56 Å². The molecule has 2 rings (SSSR count). The van der Waals surface area contributed by atoms with Crippen molar-refractivity contribution in [1.29, 1.82) is 5.26 Å². The number of anilines is 2. The molecule has 92 valence electrons. The molecule has 0 saturated carbocycles. The Hall–Kier alpha value is -1.32. The number of hydrogen-bond donors (Lipinski definition) is 2. The van der Waals surface area contributed by atoms with E-state index in [1.165, 1.54) is 11.5 Å². The van der Waals surface area contributed by atoms with Crippen LogP contribution >= 0.6 is 11.5 Å². The normalized spacial score (nSPS) is 20.2. The summed E-state index contributed by atoms with van der Waals surface area (Å²) in [6, 6.07) is 2.12. The van der Waals surface area contributed by atoms with Gasteiger partial charge in [-0.1, -0.05) is 0 Å². The molecule has 5 nitrogen and oxygen atoms in total. The summed E-state index contributed by atoms with van der Waals surface area (Å²) < 4.78 is 4.04. The predicted octanol–water partition coefficient (Wildman–Crippen LogP) is 1.20. The van der Waals surface area contributed by atoms with E-state index in [0.29, 0.717) is 17.3 Å². The molecule has 1 unspecified atom stereocenters. The van der Waals surface area contributed by atoms with Gasteiger partial charge in [-0.25, -0.2) is 0 Å². The van der Waals surface area contributed by atoms with Crippen molar-refractivity contribution in [3.63, 3.8) is 0 Å². The Morgan fingerprint density at radius 1 is 1.65 bits per heavy atom. The van der Waals surface area contributed by atoms with E-state index in [9.17, 15) is 0 Å². The summed E-state index contributed by atoms with van der Waals surface area (Å²) in [6.07, 6.45) is 3.06. The van der Waals surface area contributed by atoms with Crippen molar-refractivity contribution in [1.82, 2.24) is 4.37 Å². The number of rotatable bonds is 3. The Morgan fingerprint density at radius 2 is 2.47 bits per heavy atom. The van der Waals surface area contributed by atoms with Gasteiger partial charge in [-0.05, 0) is 36.7 Å². The Kier molecular flexibility index (Phi) is 3.82. The van der Waals surface area contributed by atoms with Crippen LogP contribution in [0, 0.1) is 17.2 Å². The molecular weight excluding hydrogens is 236 g/mol. The van der Waals surface area contributed by atoms with E-state index in [4.69, 9.17) is 16.1 Å². The summed E-state index contributed by atoms with van der Waals surface area (Å²) in [7, 11) is 0. The first kappa shape index (κ1) is 12.1. The average molecular weight is 252 g/mol. The molecule has 1 aliphatic rings. The van der Waals surface area contributed by atoms with Gasteiger partial charge in [0.05, 0.1) is 0 Å². The van der Waals surface area contributed by atoms with Gasteiger partial charge in [0.15, 0.2) is 5.82 Å². The second-order valence-corrected chi connectivity index (χ2v) is 5.08. The van der Waals surface area contributed by atoms with E-state index in [1.807, 2.05) is 0 Å². The average Bonchev–Trinajstić information content (AvgIpc) is 2.71. The maximum Gasteiger partial charge on any atom is 0.157 e.